The minimum atomic E-state index is 0.103. The van der Waals surface area contributed by atoms with Crippen molar-refractivity contribution >= 4 is 28.7 Å². The molecule has 2 aromatic rings. The standard InChI is InChI=1S/C10H10N2OS2/c1-6-3-10(15-12-6)9(13)4-8-5-14-7(2)11-8/h3,5H,4H2,1-2H3. The van der Waals surface area contributed by atoms with Crippen molar-refractivity contribution in [1.29, 1.82) is 0 Å². The van der Waals surface area contributed by atoms with Gasteiger partial charge in [0, 0.05) is 5.38 Å². The third-order valence-corrected chi connectivity index (χ3v) is 3.65. The van der Waals surface area contributed by atoms with Crippen molar-refractivity contribution in [2.45, 2.75) is 20.3 Å². The van der Waals surface area contributed by atoms with Gasteiger partial charge in [-0.1, -0.05) is 0 Å². The third kappa shape index (κ3) is 2.49. The Balaban J connectivity index is 2.10. The molecule has 3 nitrogen and oxygen atoms in total. The Morgan fingerprint density at radius 3 is 2.80 bits per heavy atom. The fourth-order valence-corrected chi connectivity index (χ4v) is 2.54. The van der Waals surface area contributed by atoms with E-state index >= 15 is 0 Å². The lowest BCUT2D eigenvalue weighted by Crippen LogP contribution is -2.01. The van der Waals surface area contributed by atoms with Gasteiger partial charge in [-0.3, -0.25) is 4.79 Å². The summed E-state index contributed by atoms with van der Waals surface area (Å²) in [4.78, 5) is 16.8. The minimum Gasteiger partial charge on any atom is -0.293 e. The van der Waals surface area contributed by atoms with Crippen LogP contribution in [0.3, 0.4) is 0 Å². The molecule has 78 valence electrons. The summed E-state index contributed by atoms with van der Waals surface area (Å²) in [5.74, 6) is 0.103. The van der Waals surface area contributed by atoms with E-state index in [-0.39, 0.29) is 5.78 Å². The van der Waals surface area contributed by atoms with Gasteiger partial charge in [0.1, 0.15) is 0 Å². The molecule has 15 heavy (non-hydrogen) atoms. The molecule has 0 fully saturated rings. The number of nitrogens with zero attached hydrogens (tertiary/aromatic N) is 2. The zero-order chi connectivity index (χ0) is 10.8. The quantitative estimate of drug-likeness (QED) is 0.772. The highest BCUT2D eigenvalue weighted by atomic mass is 32.1. The number of hydrogen-bond acceptors (Lipinski definition) is 5. The first-order valence-corrected chi connectivity index (χ1v) is 6.18. The van der Waals surface area contributed by atoms with Gasteiger partial charge in [0.15, 0.2) is 5.78 Å². The van der Waals surface area contributed by atoms with Crippen LogP contribution in [-0.2, 0) is 6.42 Å². The molecule has 0 atom stereocenters. The van der Waals surface area contributed by atoms with E-state index in [9.17, 15) is 4.79 Å². The lowest BCUT2D eigenvalue weighted by atomic mass is 10.2. The molecule has 0 unspecified atom stereocenters. The molecule has 0 spiro atoms. The largest absolute Gasteiger partial charge is 0.293 e. The average Bonchev–Trinajstić information content (AvgIpc) is 2.75. The fraction of sp³-hybridized carbons (Fsp3) is 0.300. The molecule has 0 amide bonds. The van der Waals surface area contributed by atoms with Gasteiger partial charge in [-0.2, -0.15) is 4.37 Å². The van der Waals surface area contributed by atoms with Crippen LogP contribution in [0.1, 0.15) is 26.1 Å². The van der Waals surface area contributed by atoms with E-state index in [0.29, 0.717) is 6.42 Å². The van der Waals surface area contributed by atoms with Crippen LogP contribution < -0.4 is 0 Å². The molecule has 0 N–H and O–H groups in total. The predicted molar refractivity (Wildman–Crippen MR) is 61.7 cm³/mol. The number of carbonyl (C=O) groups is 1. The fourth-order valence-electron chi connectivity index (χ4n) is 1.24. The van der Waals surface area contributed by atoms with Gasteiger partial charge < -0.3 is 0 Å². The van der Waals surface area contributed by atoms with Gasteiger partial charge >= 0.3 is 0 Å². The zero-order valence-corrected chi connectivity index (χ0v) is 10.1. The maximum atomic E-state index is 11.8. The lowest BCUT2D eigenvalue weighted by molar-refractivity contribution is 0.0996. The maximum absolute atomic E-state index is 11.8. The van der Waals surface area contributed by atoms with Crippen molar-refractivity contribution < 1.29 is 4.79 Å². The summed E-state index contributed by atoms with van der Waals surface area (Å²) in [6, 6.07) is 1.83. The van der Waals surface area contributed by atoms with Crippen molar-refractivity contribution in [1.82, 2.24) is 9.36 Å². The monoisotopic (exact) mass is 238 g/mol. The number of carbonyl (C=O) groups excluding carboxylic acids is 1. The van der Waals surface area contributed by atoms with Gasteiger partial charge in [0.2, 0.25) is 0 Å². The smallest absolute Gasteiger partial charge is 0.180 e. The van der Waals surface area contributed by atoms with E-state index in [1.807, 2.05) is 25.3 Å². The van der Waals surface area contributed by atoms with Crippen LogP contribution in [0, 0.1) is 13.8 Å². The summed E-state index contributed by atoms with van der Waals surface area (Å²) in [5.41, 5.74) is 1.76. The first-order chi connectivity index (χ1) is 7.15. The van der Waals surface area contributed by atoms with Crippen LogP contribution in [0.5, 0.6) is 0 Å². The van der Waals surface area contributed by atoms with Crippen LogP contribution in [0.2, 0.25) is 0 Å². The normalized spacial score (nSPS) is 10.5. The molecule has 0 saturated heterocycles. The SMILES string of the molecule is Cc1cc(C(=O)Cc2csc(C)n2)sn1. The van der Waals surface area contributed by atoms with Crippen molar-refractivity contribution in [2.24, 2.45) is 0 Å². The summed E-state index contributed by atoms with van der Waals surface area (Å²) in [7, 11) is 0. The van der Waals surface area contributed by atoms with Crippen LogP contribution in [0.25, 0.3) is 0 Å². The molecule has 0 bridgehead atoms. The second-order valence-electron chi connectivity index (χ2n) is 3.29. The Labute approximate surface area is 96.0 Å². The lowest BCUT2D eigenvalue weighted by Gasteiger charge is -1.92. The summed E-state index contributed by atoms with van der Waals surface area (Å²) in [6.45, 7) is 3.83. The van der Waals surface area contributed by atoms with E-state index in [4.69, 9.17) is 0 Å². The Morgan fingerprint density at radius 2 is 2.27 bits per heavy atom. The molecule has 0 aliphatic heterocycles. The first kappa shape index (κ1) is 10.4. The molecular weight excluding hydrogens is 228 g/mol. The molecule has 2 rings (SSSR count). The van der Waals surface area contributed by atoms with E-state index in [2.05, 4.69) is 9.36 Å². The highest BCUT2D eigenvalue weighted by Crippen LogP contribution is 2.14. The molecular formula is C10H10N2OS2. The first-order valence-electron chi connectivity index (χ1n) is 4.52. The number of rotatable bonds is 3. The van der Waals surface area contributed by atoms with Crippen molar-refractivity contribution in [3.63, 3.8) is 0 Å². The van der Waals surface area contributed by atoms with Crippen LogP contribution in [0.15, 0.2) is 11.4 Å². The van der Waals surface area contributed by atoms with Gasteiger partial charge in [0.05, 0.1) is 27.7 Å². The molecule has 0 radical (unpaired) electrons. The number of hydrogen-bond donors (Lipinski definition) is 0. The number of ketones is 1. The predicted octanol–water partition coefficient (Wildman–Crippen LogP) is 2.64. The van der Waals surface area contributed by atoms with E-state index in [1.165, 1.54) is 11.5 Å². The number of aryl methyl sites for hydroxylation is 2. The Morgan fingerprint density at radius 1 is 1.47 bits per heavy atom. The number of aromatic nitrogens is 2. The summed E-state index contributed by atoms with van der Waals surface area (Å²) in [6.07, 6.45) is 0.381. The highest BCUT2D eigenvalue weighted by Gasteiger charge is 2.11. The van der Waals surface area contributed by atoms with Crippen LogP contribution in [0.4, 0.5) is 0 Å². The highest BCUT2D eigenvalue weighted by molar-refractivity contribution is 7.09. The zero-order valence-electron chi connectivity index (χ0n) is 8.48. The van der Waals surface area contributed by atoms with Gasteiger partial charge in [-0.15, -0.1) is 11.3 Å². The Hall–Kier alpha value is -1.07. The van der Waals surface area contributed by atoms with Gasteiger partial charge in [-0.05, 0) is 31.4 Å². The molecule has 2 aromatic heterocycles. The van der Waals surface area contributed by atoms with Crippen molar-refractivity contribution in [3.05, 3.63) is 32.7 Å². The molecule has 2 heterocycles. The minimum absolute atomic E-state index is 0.103. The summed E-state index contributed by atoms with van der Waals surface area (Å²) < 4.78 is 4.09. The van der Waals surface area contributed by atoms with Crippen LogP contribution >= 0.6 is 22.9 Å². The van der Waals surface area contributed by atoms with Gasteiger partial charge in [0.25, 0.3) is 0 Å². The van der Waals surface area contributed by atoms with E-state index < -0.39 is 0 Å². The van der Waals surface area contributed by atoms with Crippen molar-refractivity contribution in [2.75, 3.05) is 0 Å². The maximum Gasteiger partial charge on any atom is 0.180 e. The topological polar surface area (TPSA) is 42.9 Å². The second kappa shape index (κ2) is 4.20. The Bertz CT molecular complexity index is 487. The molecule has 0 aliphatic carbocycles. The molecule has 0 aromatic carbocycles. The second-order valence-corrected chi connectivity index (χ2v) is 5.16. The van der Waals surface area contributed by atoms with Gasteiger partial charge in [-0.25, -0.2) is 4.98 Å². The summed E-state index contributed by atoms with van der Waals surface area (Å²) in [5, 5.41) is 2.93. The molecule has 5 heteroatoms. The van der Waals surface area contributed by atoms with Crippen LogP contribution in [-0.4, -0.2) is 15.1 Å². The Kier molecular flexibility index (Phi) is 2.93. The number of Topliss-reactive ketones (excluding diaryl/α,β-unsaturated/α-hetero) is 1. The van der Waals surface area contributed by atoms with Crippen molar-refractivity contribution in [3.8, 4) is 0 Å². The van der Waals surface area contributed by atoms with E-state index in [1.54, 1.807) is 11.3 Å². The summed E-state index contributed by atoms with van der Waals surface area (Å²) >= 11 is 2.83. The molecule has 0 saturated carbocycles. The molecule has 0 aliphatic rings. The third-order valence-electron chi connectivity index (χ3n) is 1.91. The number of thiazole rings is 1. The average molecular weight is 238 g/mol. The van der Waals surface area contributed by atoms with E-state index in [0.717, 1.165) is 21.3 Å².